The smallest absolute Gasteiger partial charge is 0.305 e. The van der Waals surface area contributed by atoms with Crippen molar-refractivity contribution < 1.29 is 9.59 Å². The maximum Gasteiger partial charge on any atom is 0.325 e. The molecule has 1 aliphatic heterocycles. The lowest BCUT2D eigenvalue weighted by atomic mass is 9.95. The molecule has 0 aromatic heterocycles. The number of carbonyl (C=O) groups excluding carboxylic acids is 2. The summed E-state index contributed by atoms with van der Waals surface area (Å²) in [4.78, 5) is 25.9. The number of imide groups is 1. The molecule has 1 aliphatic carbocycles. The minimum absolute atomic E-state index is 0.109. The summed E-state index contributed by atoms with van der Waals surface area (Å²) in [5.41, 5.74) is 1.67. The molecule has 3 amide bonds. The molecule has 0 atom stereocenters. The first kappa shape index (κ1) is 12.2. The Balaban J connectivity index is 1.90. The Morgan fingerprint density at radius 3 is 2.68 bits per heavy atom. The van der Waals surface area contributed by atoms with Crippen LogP contribution in [0.2, 0.25) is 0 Å². The van der Waals surface area contributed by atoms with Crippen LogP contribution in [0.3, 0.4) is 0 Å². The van der Waals surface area contributed by atoms with Crippen LogP contribution in [0, 0.1) is 6.92 Å². The van der Waals surface area contributed by atoms with Gasteiger partial charge in [-0.15, -0.1) is 0 Å². The molecule has 4 nitrogen and oxygen atoms in total. The van der Waals surface area contributed by atoms with Gasteiger partial charge in [-0.05, 0) is 25.3 Å². The molecule has 0 bridgehead atoms. The average Bonchev–Trinajstić information content (AvgIpc) is 2.93. The van der Waals surface area contributed by atoms with Crippen molar-refractivity contribution in [1.29, 1.82) is 0 Å². The largest absolute Gasteiger partial charge is 0.325 e. The van der Waals surface area contributed by atoms with Crippen LogP contribution in [0.15, 0.2) is 24.3 Å². The third kappa shape index (κ3) is 1.91. The Morgan fingerprint density at radius 2 is 2.00 bits per heavy atom. The summed E-state index contributed by atoms with van der Waals surface area (Å²) in [5, 5.41) is 2.48. The molecule has 3 rings (SSSR count). The molecule has 19 heavy (non-hydrogen) atoms. The lowest BCUT2D eigenvalue weighted by Gasteiger charge is -2.31. The van der Waals surface area contributed by atoms with Crippen molar-refractivity contribution in [2.45, 2.75) is 44.7 Å². The fourth-order valence-corrected chi connectivity index (χ4v) is 3.27. The highest BCUT2D eigenvalue weighted by Crippen LogP contribution is 2.39. The third-order valence-electron chi connectivity index (χ3n) is 4.26. The van der Waals surface area contributed by atoms with Crippen molar-refractivity contribution in [3.63, 3.8) is 0 Å². The minimum Gasteiger partial charge on any atom is -0.305 e. The first-order valence-electron chi connectivity index (χ1n) is 6.80. The summed E-state index contributed by atoms with van der Waals surface area (Å²) in [5.74, 6) is -0.109. The minimum atomic E-state index is -0.583. The van der Waals surface area contributed by atoms with E-state index in [-0.39, 0.29) is 11.9 Å². The zero-order valence-electron chi connectivity index (χ0n) is 11.1. The van der Waals surface area contributed by atoms with Gasteiger partial charge in [0.2, 0.25) is 0 Å². The Labute approximate surface area is 112 Å². The fourth-order valence-electron chi connectivity index (χ4n) is 3.27. The van der Waals surface area contributed by atoms with Crippen LogP contribution in [-0.2, 0) is 11.3 Å². The molecule has 0 unspecified atom stereocenters. The Morgan fingerprint density at radius 1 is 1.26 bits per heavy atom. The number of benzene rings is 1. The number of aryl methyl sites for hydroxylation is 1. The van der Waals surface area contributed by atoms with Crippen LogP contribution in [0.4, 0.5) is 4.79 Å². The molecule has 1 saturated carbocycles. The van der Waals surface area contributed by atoms with E-state index in [0.29, 0.717) is 6.54 Å². The van der Waals surface area contributed by atoms with Gasteiger partial charge in [-0.2, -0.15) is 0 Å². The average molecular weight is 258 g/mol. The highest BCUT2D eigenvalue weighted by molar-refractivity contribution is 6.07. The van der Waals surface area contributed by atoms with Gasteiger partial charge in [-0.3, -0.25) is 10.1 Å². The van der Waals surface area contributed by atoms with Crippen LogP contribution < -0.4 is 5.32 Å². The quantitative estimate of drug-likeness (QED) is 0.828. The highest BCUT2D eigenvalue weighted by Gasteiger charge is 2.53. The molecule has 2 fully saturated rings. The van der Waals surface area contributed by atoms with Crippen molar-refractivity contribution in [3.05, 3.63) is 35.4 Å². The van der Waals surface area contributed by atoms with E-state index >= 15 is 0 Å². The molecule has 1 saturated heterocycles. The zero-order valence-corrected chi connectivity index (χ0v) is 11.1. The number of rotatable bonds is 2. The summed E-state index contributed by atoms with van der Waals surface area (Å²) in [6.45, 7) is 2.54. The molecule has 100 valence electrons. The van der Waals surface area contributed by atoms with E-state index in [1.54, 1.807) is 4.90 Å². The van der Waals surface area contributed by atoms with Gasteiger partial charge in [0.25, 0.3) is 5.91 Å². The van der Waals surface area contributed by atoms with Gasteiger partial charge in [0, 0.05) is 6.54 Å². The highest BCUT2D eigenvalue weighted by atomic mass is 16.2. The van der Waals surface area contributed by atoms with E-state index in [4.69, 9.17) is 0 Å². The monoisotopic (exact) mass is 258 g/mol. The normalized spacial score (nSPS) is 21.2. The number of hydrogen-bond acceptors (Lipinski definition) is 2. The number of nitrogens with one attached hydrogen (secondary N) is 1. The zero-order chi connectivity index (χ0) is 13.5. The second-order valence-corrected chi connectivity index (χ2v) is 5.57. The number of nitrogens with zero attached hydrogens (tertiary/aromatic N) is 1. The molecule has 4 heteroatoms. The summed E-state index contributed by atoms with van der Waals surface area (Å²) in [6, 6.07) is 7.85. The van der Waals surface area contributed by atoms with Crippen LogP contribution in [0.1, 0.15) is 36.8 Å². The lowest BCUT2D eigenvalue weighted by Crippen LogP contribution is -2.46. The molecule has 1 aromatic rings. The lowest BCUT2D eigenvalue weighted by molar-refractivity contribution is -0.126. The fraction of sp³-hybridized carbons (Fsp3) is 0.467. The van der Waals surface area contributed by atoms with E-state index in [9.17, 15) is 9.59 Å². The van der Waals surface area contributed by atoms with Crippen LogP contribution in [-0.4, -0.2) is 22.4 Å². The number of carbonyl (C=O) groups is 2. The Hall–Kier alpha value is -1.84. The van der Waals surface area contributed by atoms with Gasteiger partial charge in [0.1, 0.15) is 5.54 Å². The first-order chi connectivity index (χ1) is 9.12. The predicted octanol–water partition coefficient (Wildman–Crippen LogP) is 2.36. The van der Waals surface area contributed by atoms with Crippen molar-refractivity contribution in [2.24, 2.45) is 0 Å². The molecule has 1 spiro atoms. The number of hydrogen-bond donors (Lipinski definition) is 1. The summed E-state index contributed by atoms with van der Waals surface area (Å²) < 4.78 is 0. The SMILES string of the molecule is Cc1cccc(CN2C(=O)NC(=O)C23CCCC3)c1. The summed E-state index contributed by atoms with van der Waals surface area (Å²) >= 11 is 0. The summed E-state index contributed by atoms with van der Waals surface area (Å²) in [7, 11) is 0. The van der Waals surface area contributed by atoms with Crippen molar-refractivity contribution in [3.8, 4) is 0 Å². The maximum atomic E-state index is 12.1. The summed E-state index contributed by atoms with van der Waals surface area (Å²) in [6.07, 6.45) is 3.61. The van der Waals surface area contributed by atoms with E-state index < -0.39 is 5.54 Å². The Kier molecular flexibility index (Phi) is 2.81. The second kappa shape index (κ2) is 4.37. The molecule has 1 N–H and O–H groups in total. The van der Waals surface area contributed by atoms with Gasteiger partial charge in [0.05, 0.1) is 0 Å². The van der Waals surface area contributed by atoms with Gasteiger partial charge < -0.3 is 4.90 Å². The van der Waals surface area contributed by atoms with Crippen molar-refractivity contribution >= 4 is 11.9 Å². The second-order valence-electron chi connectivity index (χ2n) is 5.57. The molecule has 2 aliphatic rings. The van der Waals surface area contributed by atoms with Crippen molar-refractivity contribution in [1.82, 2.24) is 10.2 Å². The topological polar surface area (TPSA) is 49.4 Å². The molecular weight excluding hydrogens is 240 g/mol. The maximum absolute atomic E-state index is 12.1. The molecule has 1 heterocycles. The van der Waals surface area contributed by atoms with Gasteiger partial charge in [0.15, 0.2) is 0 Å². The third-order valence-corrected chi connectivity index (χ3v) is 4.26. The van der Waals surface area contributed by atoms with Crippen molar-refractivity contribution in [2.75, 3.05) is 0 Å². The van der Waals surface area contributed by atoms with E-state index in [0.717, 1.165) is 31.2 Å². The van der Waals surface area contributed by atoms with Crippen LogP contribution in [0.25, 0.3) is 0 Å². The predicted molar refractivity (Wildman–Crippen MR) is 71.5 cm³/mol. The van der Waals surface area contributed by atoms with E-state index in [2.05, 4.69) is 11.4 Å². The van der Waals surface area contributed by atoms with Gasteiger partial charge >= 0.3 is 6.03 Å². The number of urea groups is 1. The standard InChI is InChI=1S/C15H18N2O2/c1-11-5-4-6-12(9-11)10-17-14(19)16-13(18)15(17)7-2-3-8-15/h4-6,9H,2-3,7-8,10H2,1H3,(H,16,18,19). The molecular formula is C15H18N2O2. The first-order valence-corrected chi connectivity index (χ1v) is 6.80. The molecule has 1 aromatic carbocycles. The number of amides is 3. The molecule has 0 radical (unpaired) electrons. The van der Waals surface area contributed by atoms with Gasteiger partial charge in [-0.25, -0.2) is 4.79 Å². The Bertz CT molecular complexity index is 533. The van der Waals surface area contributed by atoms with E-state index in [1.807, 2.05) is 25.1 Å². The van der Waals surface area contributed by atoms with E-state index in [1.165, 1.54) is 5.56 Å². The van der Waals surface area contributed by atoms with Gasteiger partial charge in [-0.1, -0.05) is 42.7 Å². The van der Waals surface area contributed by atoms with Crippen LogP contribution in [0.5, 0.6) is 0 Å². The van der Waals surface area contributed by atoms with Crippen LogP contribution >= 0.6 is 0 Å².